The first-order valence-corrected chi connectivity index (χ1v) is 11.4. The van der Waals surface area contributed by atoms with Gasteiger partial charge in [0.15, 0.2) is 17.6 Å². The third kappa shape index (κ3) is 6.05. The van der Waals surface area contributed by atoms with Crippen molar-refractivity contribution in [2.75, 3.05) is 24.7 Å². The molecule has 1 unspecified atom stereocenters. The molecule has 0 fully saturated rings. The van der Waals surface area contributed by atoms with Crippen LogP contribution in [0.4, 0.5) is 11.4 Å². The smallest absolute Gasteiger partial charge is 0.333 e. The highest BCUT2D eigenvalue weighted by molar-refractivity contribution is 5.77. The molecule has 174 valence electrons. The van der Waals surface area contributed by atoms with E-state index in [2.05, 4.69) is 4.90 Å². The number of hydrogen-bond acceptors (Lipinski definition) is 5. The van der Waals surface area contributed by atoms with Crippen molar-refractivity contribution in [3.05, 3.63) is 78.4 Å². The van der Waals surface area contributed by atoms with Crippen LogP contribution in [0.5, 0.6) is 17.2 Å². The number of rotatable bonds is 9. The minimum Gasteiger partial charge on any atom is -0.492 e. The molecule has 0 saturated heterocycles. The van der Waals surface area contributed by atoms with Crippen LogP contribution in [0.3, 0.4) is 0 Å². The van der Waals surface area contributed by atoms with E-state index in [-0.39, 0.29) is 0 Å². The second-order valence-electron chi connectivity index (χ2n) is 7.17. The fourth-order valence-electron chi connectivity index (χ4n) is 3.63. The molecule has 3 aromatic carbocycles. The second-order valence-corrected chi connectivity index (χ2v) is 7.17. The van der Waals surface area contributed by atoms with Gasteiger partial charge < -0.3 is 24.2 Å². The fourth-order valence-corrected chi connectivity index (χ4v) is 3.63. The molecule has 3 aromatic rings. The minimum absolute atomic E-state index is 0.324. The molecule has 0 radical (unpaired) electrons. The summed E-state index contributed by atoms with van der Waals surface area (Å²) < 4.78 is 17.3. The van der Waals surface area contributed by atoms with Gasteiger partial charge in [0.05, 0.1) is 17.9 Å². The van der Waals surface area contributed by atoms with Crippen LogP contribution < -0.4 is 14.4 Å². The van der Waals surface area contributed by atoms with Crippen molar-refractivity contribution in [2.45, 2.75) is 33.3 Å². The topological polar surface area (TPSA) is 68.2 Å². The van der Waals surface area contributed by atoms with Crippen molar-refractivity contribution in [2.24, 2.45) is 0 Å². The quantitative estimate of drug-likeness (QED) is 0.428. The monoisotopic (exact) mass is 449 g/mol. The normalized spacial score (nSPS) is 12.4. The van der Waals surface area contributed by atoms with Gasteiger partial charge in [0.1, 0.15) is 12.4 Å². The number of benzene rings is 3. The third-order valence-corrected chi connectivity index (χ3v) is 5.10. The fraction of sp³-hybridized carbons (Fsp3) is 0.296. The number of anilines is 2. The molecule has 0 spiro atoms. The lowest BCUT2D eigenvalue weighted by molar-refractivity contribution is -0.149. The Morgan fingerprint density at radius 3 is 2.06 bits per heavy atom. The van der Waals surface area contributed by atoms with E-state index < -0.39 is 12.1 Å². The molecule has 1 N–H and O–H groups in total. The first-order valence-electron chi connectivity index (χ1n) is 11.4. The minimum atomic E-state index is -0.951. The molecule has 1 aliphatic rings. The van der Waals surface area contributed by atoms with Crippen LogP contribution in [0.1, 0.15) is 26.3 Å². The van der Waals surface area contributed by atoms with Crippen LogP contribution in [-0.2, 0) is 16.0 Å². The number of carboxylic acids is 1. The molecule has 6 heteroatoms. The van der Waals surface area contributed by atoms with E-state index in [1.807, 2.05) is 86.6 Å². The van der Waals surface area contributed by atoms with Gasteiger partial charge in [0.25, 0.3) is 0 Å². The Hall–Kier alpha value is -3.51. The van der Waals surface area contributed by atoms with Gasteiger partial charge in [-0.1, -0.05) is 50.2 Å². The summed E-state index contributed by atoms with van der Waals surface area (Å²) in [6.45, 7) is 7.30. The Kier molecular flexibility index (Phi) is 8.72. The molecule has 0 saturated carbocycles. The summed E-state index contributed by atoms with van der Waals surface area (Å²) in [6.07, 6.45) is -0.511. The Morgan fingerprint density at radius 1 is 0.939 bits per heavy atom. The van der Waals surface area contributed by atoms with E-state index in [4.69, 9.17) is 14.2 Å². The van der Waals surface area contributed by atoms with Crippen molar-refractivity contribution >= 4 is 17.3 Å². The Labute approximate surface area is 195 Å². The van der Waals surface area contributed by atoms with Gasteiger partial charge in [0, 0.05) is 13.0 Å². The molecule has 1 aliphatic heterocycles. The standard InChI is InChI=1S/C25H25NO5.C2H6/c1-2-29-24(25(27)28)17-18-11-13-19(14-12-18)30-16-15-26-20-7-3-5-9-22(20)31-23-10-6-4-8-21(23)26;1-2/h3-14,24H,2,15-17H2,1H3,(H,27,28);1-2H3. The van der Waals surface area contributed by atoms with Gasteiger partial charge in [-0.15, -0.1) is 0 Å². The summed E-state index contributed by atoms with van der Waals surface area (Å²) in [7, 11) is 0. The highest BCUT2D eigenvalue weighted by Crippen LogP contribution is 2.45. The molecule has 0 bridgehead atoms. The number of ether oxygens (including phenoxy) is 3. The molecular formula is C27H31NO5. The molecular weight excluding hydrogens is 418 g/mol. The molecule has 0 amide bonds. The summed E-state index contributed by atoms with van der Waals surface area (Å²) in [5, 5.41) is 9.24. The number of hydrogen-bond donors (Lipinski definition) is 1. The number of carbonyl (C=O) groups is 1. The Balaban J connectivity index is 0.00000149. The van der Waals surface area contributed by atoms with Crippen LogP contribution in [0, 0.1) is 0 Å². The van der Waals surface area contributed by atoms with Gasteiger partial charge in [-0.25, -0.2) is 4.79 Å². The second kappa shape index (κ2) is 11.9. The first-order chi connectivity index (χ1) is 16.2. The van der Waals surface area contributed by atoms with E-state index in [0.717, 1.165) is 34.2 Å². The van der Waals surface area contributed by atoms with E-state index in [9.17, 15) is 9.90 Å². The van der Waals surface area contributed by atoms with E-state index in [0.29, 0.717) is 26.2 Å². The van der Waals surface area contributed by atoms with Gasteiger partial charge in [-0.3, -0.25) is 0 Å². The van der Waals surface area contributed by atoms with Crippen molar-refractivity contribution < 1.29 is 24.1 Å². The Bertz CT molecular complexity index is 989. The van der Waals surface area contributed by atoms with Gasteiger partial charge in [-0.2, -0.15) is 0 Å². The van der Waals surface area contributed by atoms with Crippen LogP contribution in [0.2, 0.25) is 0 Å². The highest BCUT2D eigenvalue weighted by Gasteiger charge is 2.23. The molecule has 1 heterocycles. The van der Waals surface area contributed by atoms with Gasteiger partial charge in [0.2, 0.25) is 0 Å². The lowest BCUT2D eigenvalue weighted by Gasteiger charge is -2.32. The summed E-state index contributed by atoms with van der Waals surface area (Å²) in [4.78, 5) is 13.5. The molecule has 33 heavy (non-hydrogen) atoms. The zero-order valence-corrected chi connectivity index (χ0v) is 19.4. The molecule has 0 aliphatic carbocycles. The maximum absolute atomic E-state index is 11.3. The Morgan fingerprint density at radius 2 is 1.52 bits per heavy atom. The van der Waals surface area contributed by atoms with Crippen LogP contribution in [-0.4, -0.2) is 36.9 Å². The largest absolute Gasteiger partial charge is 0.492 e. The number of nitrogens with zero attached hydrogens (tertiary/aromatic N) is 1. The SMILES string of the molecule is CC.CCOC(Cc1ccc(OCCN2c3ccccc3Oc3ccccc32)cc1)C(=O)O. The first kappa shape index (κ1) is 24.1. The zero-order chi connectivity index (χ0) is 23.6. The lowest BCUT2D eigenvalue weighted by atomic mass is 10.1. The van der Waals surface area contributed by atoms with Gasteiger partial charge >= 0.3 is 5.97 Å². The lowest BCUT2D eigenvalue weighted by Crippen LogP contribution is -2.26. The van der Waals surface area contributed by atoms with Crippen LogP contribution in [0.15, 0.2) is 72.8 Å². The van der Waals surface area contributed by atoms with Crippen molar-refractivity contribution in [1.82, 2.24) is 0 Å². The average Bonchev–Trinajstić information content (AvgIpc) is 2.85. The third-order valence-electron chi connectivity index (χ3n) is 5.10. The summed E-state index contributed by atoms with van der Waals surface area (Å²) in [5.41, 5.74) is 2.91. The molecule has 6 nitrogen and oxygen atoms in total. The van der Waals surface area contributed by atoms with Crippen LogP contribution >= 0.6 is 0 Å². The average molecular weight is 450 g/mol. The van der Waals surface area contributed by atoms with E-state index in [1.165, 1.54) is 0 Å². The molecule has 4 rings (SSSR count). The highest BCUT2D eigenvalue weighted by atomic mass is 16.5. The maximum Gasteiger partial charge on any atom is 0.333 e. The number of fused-ring (bicyclic) bond motifs is 2. The summed E-state index contributed by atoms with van der Waals surface area (Å²) in [5.74, 6) is 1.44. The summed E-state index contributed by atoms with van der Waals surface area (Å²) in [6, 6.07) is 23.4. The number of carboxylic acid groups (broad SMARTS) is 1. The van der Waals surface area contributed by atoms with E-state index >= 15 is 0 Å². The number of aliphatic carboxylic acids is 1. The predicted molar refractivity (Wildman–Crippen MR) is 130 cm³/mol. The predicted octanol–water partition coefficient (Wildman–Crippen LogP) is 6.07. The van der Waals surface area contributed by atoms with Crippen molar-refractivity contribution in [3.63, 3.8) is 0 Å². The summed E-state index contributed by atoms with van der Waals surface area (Å²) >= 11 is 0. The van der Waals surface area contributed by atoms with Crippen LogP contribution in [0.25, 0.3) is 0 Å². The van der Waals surface area contributed by atoms with E-state index in [1.54, 1.807) is 6.92 Å². The van der Waals surface area contributed by atoms with Crippen molar-refractivity contribution in [1.29, 1.82) is 0 Å². The maximum atomic E-state index is 11.3. The molecule has 0 aromatic heterocycles. The molecule has 1 atom stereocenters. The van der Waals surface area contributed by atoms with Gasteiger partial charge in [-0.05, 0) is 48.9 Å². The zero-order valence-electron chi connectivity index (χ0n) is 19.4. The number of para-hydroxylation sites is 4. The van der Waals surface area contributed by atoms with Crippen molar-refractivity contribution in [3.8, 4) is 17.2 Å².